The van der Waals surface area contributed by atoms with Crippen LogP contribution in [0.25, 0.3) is 0 Å². The molecule has 1 aromatic carbocycles. The molecule has 1 aromatic rings. The van der Waals surface area contributed by atoms with Crippen molar-refractivity contribution < 1.29 is 12.8 Å². The van der Waals surface area contributed by atoms with Crippen molar-refractivity contribution in [1.82, 2.24) is 0 Å². The van der Waals surface area contributed by atoms with Crippen LogP contribution in [0, 0.1) is 17.1 Å². The van der Waals surface area contributed by atoms with Crippen molar-refractivity contribution in [2.24, 2.45) is 5.73 Å². The maximum absolute atomic E-state index is 13.0. The molecule has 2 N–H and O–H groups in total. The SMILES string of the molecule is N#Cc1cc(F)cc(CS(=O)(=O)CCN)c1. The Morgan fingerprint density at radius 3 is 2.62 bits per heavy atom. The van der Waals surface area contributed by atoms with E-state index in [2.05, 4.69) is 0 Å². The average Bonchev–Trinajstić information content (AvgIpc) is 2.15. The molecule has 0 aromatic heterocycles. The Morgan fingerprint density at radius 1 is 1.38 bits per heavy atom. The highest BCUT2D eigenvalue weighted by Crippen LogP contribution is 2.12. The lowest BCUT2D eigenvalue weighted by molar-refractivity contribution is 0.594. The molecule has 4 nitrogen and oxygen atoms in total. The molecule has 0 aliphatic rings. The predicted octanol–water partition coefficient (Wildman–Crippen LogP) is 0.571. The van der Waals surface area contributed by atoms with Gasteiger partial charge in [-0.2, -0.15) is 5.26 Å². The Hall–Kier alpha value is -1.45. The fraction of sp³-hybridized carbons (Fsp3) is 0.300. The van der Waals surface area contributed by atoms with E-state index >= 15 is 0 Å². The third-order valence-electron chi connectivity index (χ3n) is 1.90. The van der Waals surface area contributed by atoms with Crippen LogP contribution in [0.2, 0.25) is 0 Å². The van der Waals surface area contributed by atoms with Crippen LogP contribution in [-0.4, -0.2) is 20.7 Å². The van der Waals surface area contributed by atoms with Crippen molar-refractivity contribution in [2.75, 3.05) is 12.3 Å². The molecule has 0 saturated carbocycles. The number of benzene rings is 1. The van der Waals surface area contributed by atoms with Gasteiger partial charge in [0, 0.05) is 6.54 Å². The second kappa shape index (κ2) is 5.05. The summed E-state index contributed by atoms with van der Waals surface area (Å²) in [6.45, 7) is 0.0305. The molecule has 0 aliphatic heterocycles. The number of rotatable bonds is 4. The Labute approximate surface area is 93.4 Å². The quantitative estimate of drug-likeness (QED) is 0.836. The van der Waals surface area contributed by atoms with Gasteiger partial charge in [0.2, 0.25) is 0 Å². The standard InChI is InChI=1S/C10H11FN2O2S/c11-10-4-8(6-13)3-9(5-10)7-16(14,15)2-1-12/h3-5H,1-2,7,12H2. The predicted molar refractivity (Wildman–Crippen MR) is 57.7 cm³/mol. The van der Waals surface area contributed by atoms with Crippen molar-refractivity contribution in [3.63, 3.8) is 0 Å². The summed E-state index contributed by atoms with van der Waals surface area (Å²) in [5.41, 5.74) is 5.53. The molecular weight excluding hydrogens is 231 g/mol. The summed E-state index contributed by atoms with van der Waals surface area (Å²) in [5, 5.41) is 8.60. The maximum atomic E-state index is 13.0. The zero-order chi connectivity index (χ0) is 12.2. The summed E-state index contributed by atoms with van der Waals surface area (Å²) >= 11 is 0. The molecule has 0 bridgehead atoms. The monoisotopic (exact) mass is 242 g/mol. The van der Waals surface area contributed by atoms with E-state index < -0.39 is 15.7 Å². The first kappa shape index (κ1) is 12.6. The Bertz CT molecular complexity index is 520. The van der Waals surface area contributed by atoms with Crippen molar-refractivity contribution >= 4 is 9.84 Å². The Balaban J connectivity index is 2.99. The molecule has 0 amide bonds. The summed E-state index contributed by atoms with van der Waals surface area (Å²) in [6.07, 6.45) is 0. The number of nitrogens with zero attached hydrogens (tertiary/aromatic N) is 1. The Kier molecular flexibility index (Phi) is 3.99. The van der Waals surface area contributed by atoms with Crippen molar-refractivity contribution in [2.45, 2.75) is 5.75 Å². The van der Waals surface area contributed by atoms with Gasteiger partial charge in [-0.25, -0.2) is 12.8 Å². The van der Waals surface area contributed by atoms with Gasteiger partial charge < -0.3 is 5.73 Å². The highest BCUT2D eigenvalue weighted by atomic mass is 32.2. The van der Waals surface area contributed by atoms with Crippen LogP contribution < -0.4 is 5.73 Å². The average molecular weight is 242 g/mol. The number of sulfone groups is 1. The van der Waals surface area contributed by atoms with Crippen LogP contribution in [0.4, 0.5) is 4.39 Å². The molecule has 0 spiro atoms. The molecule has 6 heteroatoms. The molecule has 0 unspecified atom stereocenters. The van der Waals surface area contributed by atoms with Gasteiger partial charge in [0.25, 0.3) is 0 Å². The van der Waals surface area contributed by atoms with Gasteiger partial charge >= 0.3 is 0 Å². The van der Waals surface area contributed by atoms with E-state index in [1.807, 2.05) is 0 Å². The van der Waals surface area contributed by atoms with Gasteiger partial charge in [-0.1, -0.05) is 0 Å². The molecule has 0 saturated heterocycles. The molecule has 0 radical (unpaired) electrons. The van der Waals surface area contributed by atoms with E-state index in [0.717, 1.165) is 12.1 Å². The molecular formula is C10H11FN2O2S. The number of nitriles is 1. The lowest BCUT2D eigenvalue weighted by Gasteiger charge is -2.03. The van der Waals surface area contributed by atoms with Crippen LogP contribution in [-0.2, 0) is 15.6 Å². The first-order chi connectivity index (χ1) is 7.46. The summed E-state index contributed by atoms with van der Waals surface area (Å²) < 4.78 is 35.9. The number of hydrogen-bond acceptors (Lipinski definition) is 4. The molecule has 0 aliphatic carbocycles. The van der Waals surface area contributed by atoms with E-state index in [4.69, 9.17) is 11.0 Å². The molecule has 86 valence electrons. The minimum Gasteiger partial charge on any atom is -0.329 e. The van der Waals surface area contributed by atoms with Gasteiger partial charge in [0.1, 0.15) is 5.82 Å². The first-order valence-electron chi connectivity index (χ1n) is 4.57. The van der Waals surface area contributed by atoms with Crippen LogP contribution in [0.1, 0.15) is 11.1 Å². The minimum absolute atomic E-state index is 0.0305. The molecule has 0 atom stereocenters. The maximum Gasteiger partial charge on any atom is 0.155 e. The summed E-state index contributed by atoms with van der Waals surface area (Å²) in [7, 11) is -3.33. The zero-order valence-electron chi connectivity index (χ0n) is 8.48. The summed E-state index contributed by atoms with van der Waals surface area (Å²) in [6, 6.07) is 5.29. The van der Waals surface area contributed by atoms with E-state index in [-0.39, 0.29) is 29.2 Å². The van der Waals surface area contributed by atoms with Crippen LogP contribution in [0.15, 0.2) is 18.2 Å². The number of halogens is 1. The second-order valence-electron chi connectivity index (χ2n) is 3.34. The van der Waals surface area contributed by atoms with E-state index in [9.17, 15) is 12.8 Å². The fourth-order valence-electron chi connectivity index (χ4n) is 1.30. The van der Waals surface area contributed by atoms with E-state index in [1.165, 1.54) is 6.07 Å². The molecule has 0 fully saturated rings. The number of nitrogens with two attached hydrogens (primary N) is 1. The van der Waals surface area contributed by atoms with Gasteiger partial charge in [0.15, 0.2) is 9.84 Å². The minimum atomic E-state index is -3.33. The highest BCUT2D eigenvalue weighted by Gasteiger charge is 2.12. The summed E-state index contributed by atoms with van der Waals surface area (Å²) in [5.74, 6) is -1.06. The van der Waals surface area contributed by atoms with Crippen molar-refractivity contribution in [1.29, 1.82) is 5.26 Å². The molecule has 16 heavy (non-hydrogen) atoms. The third-order valence-corrected chi connectivity index (χ3v) is 3.53. The lowest BCUT2D eigenvalue weighted by Crippen LogP contribution is -2.17. The van der Waals surface area contributed by atoms with Crippen molar-refractivity contribution in [3.8, 4) is 6.07 Å². The Morgan fingerprint density at radius 2 is 2.06 bits per heavy atom. The van der Waals surface area contributed by atoms with Crippen LogP contribution >= 0.6 is 0 Å². The van der Waals surface area contributed by atoms with Gasteiger partial charge in [-0.3, -0.25) is 0 Å². The van der Waals surface area contributed by atoms with Crippen LogP contribution in [0.5, 0.6) is 0 Å². The molecule has 0 heterocycles. The van der Waals surface area contributed by atoms with E-state index in [0.29, 0.717) is 0 Å². The largest absolute Gasteiger partial charge is 0.329 e. The van der Waals surface area contributed by atoms with Gasteiger partial charge in [-0.05, 0) is 23.8 Å². The first-order valence-corrected chi connectivity index (χ1v) is 6.39. The topological polar surface area (TPSA) is 84.0 Å². The van der Waals surface area contributed by atoms with Crippen molar-refractivity contribution in [3.05, 3.63) is 35.1 Å². The zero-order valence-corrected chi connectivity index (χ0v) is 9.30. The number of hydrogen-bond donors (Lipinski definition) is 1. The smallest absolute Gasteiger partial charge is 0.155 e. The van der Waals surface area contributed by atoms with Crippen LogP contribution in [0.3, 0.4) is 0 Å². The van der Waals surface area contributed by atoms with Gasteiger partial charge in [0.05, 0.1) is 23.1 Å². The fourth-order valence-corrected chi connectivity index (χ4v) is 2.48. The lowest BCUT2D eigenvalue weighted by atomic mass is 10.1. The third kappa shape index (κ3) is 3.61. The van der Waals surface area contributed by atoms with E-state index in [1.54, 1.807) is 6.07 Å². The normalized spacial score (nSPS) is 11.1. The summed E-state index contributed by atoms with van der Waals surface area (Å²) in [4.78, 5) is 0. The molecule has 1 rings (SSSR count). The van der Waals surface area contributed by atoms with Gasteiger partial charge in [-0.15, -0.1) is 0 Å². The second-order valence-corrected chi connectivity index (χ2v) is 5.52. The highest BCUT2D eigenvalue weighted by molar-refractivity contribution is 7.90.